The number of ether oxygens (including phenoxy) is 2. The van der Waals surface area contributed by atoms with Gasteiger partial charge in [0, 0.05) is 7.11 Å². The van der Waals surface area contributed by atoms with Gasteiger partial charge in [-0.25, -0.2) is 4.98 Å². The van der Waals surface area contributed by atoms with Crippen molar-refractivity contribution < 1.29 is 19.7 Å². The van der Waals surface area contributed by atoms with Crippen LogP contribution >= 0.6 is 0 Å². The number of fused-ring (bicyclic) bond motifs is 1. The lowest BCUT2D eigenvalue weighted by atomic mass is 10.1. The molecule has 0 aromatic carbocycles. The number of hydrogen-bond acceptors (Lipinski definition) is 8. The van der Waals surface area contributed by atoms with Gasteiger partial charge in [-0.05, 0) is 0 Å². The topological polar surface area (TPSA) is 149 Å². The van der Waals surface area contributed by atoms with Crippen LogP contribution in [0, 0.1) is 0 Å². The minimum absolute atomic E-state index is 0.0660. The Morgan fingerprint density at radius 2 is 2.38 bits per heavy atom. The molecule has 0 radical (unpaired) electrons. The van der Waals surface area contributed by atoms with E-state index in [4.69, 9.17) is 15.2 Å². The molecule has 0 bridgehead atoms. The first-order valence-corrected chi connectivity index (χ1v) is 6.26. The van der Waals surface area contributed by atoms with Crippen molar-refractivity contribution in [3.63, 3.8) is 0 Å². The van der Waals surface area contributed by atoms with E-state index in [2.05, 4.69) is 15.0 Å². The smallest absolute Gasteiger partial charge is 0.280 e. The van der Waals surface area contributed by atoms with Gasteiger partial charge in [0.05, 0.1) is 12.9 Å². The van der Waals surface area contributed by atoms with Crippen LogP contribution in [-0.4, -0.2) is 61.8 Å². The second-order valence-corrected chi connectivity index (χ2v) is 4.71. The van der Waals surface area contributed by atoms with Gasteiger partial charge >= 0.3 is 0 Å². The summed E-state index contributed by atoms with van der Waals surface area (Å²) in [6.45, 7) is -0.311. The second kappa shape index (κ2) is 5.07. The van der Waals surface area contributed by atoms with E-state index in [9.17, 15) is 15.0 Å². The highest BCUT2D eigenvalue weighted by Gasteiger charge is 2.45. The molecular weight excluding hydrogens is 282 g/mol. The normalized spacial score (nSPS) is 29.3. The molecule has 1 aliphatic rings. The Morgan fingerprint density at radius 1 is 1.62 bits per heavy atom. The summed E-state index contributed by atoms with van der Waals surface area (Å²) in [6.07, 6.45) is -1.99. The van der Waals surface area contributed by atoms with Gasteiger partial charge in [0.25, 0.3) is 5.56 Å². The zero-order valence-electron chi connectivity index (χ0n) is 11.1. The number of imidazole rings is 1. The molecule has 0 spiro atoms. The van der Waals surface area contributed by atoms with E-state index in [1.54, 1.807) is 0 Å². The minimum Gasteiger partial charge on any atom is -0.394 e. The van der Waals surface area contributed by atoms with Gasteiger partial charge in [0.1, 0.15) is 18.3 Å². The standard InChI is InChI=1S/C11H15N5O5/c1-20-7-4(2-17)21-10(6(7)18)16-3-13-5-8(16)14-11(12)15-9(5)19/h3-4,6-7,10,17-18H,2H2,1H3,(H3,12,14,15,19)/t4?,6-,7?,10?/m0/s1. The Kier molecular flexibility index (Phi) is 3.37. The fourth-order valence-corrected chi connectivity index (χ4v) is 2.52. The number of nitrogens with two attached hydrogens (primary N) is 1. The van der Waals surface area contributed by atoms with Crippen LogP contribution in [0.25, 0.3) is 11.2 Å². The number of rotatable bonds is 3. The lowest BCUT2D eigenvalue weighted by Crippen LogP contribution is -2.35. The van der Waals surface area contributed by atoms with Crippen molar-refractivity contribution in [3.05, 3.63) is 16.7 Å². The predicted octanol–water partition coefficient (Wildman–Crippen LogP) is -2.03. The molecule has 0 aliphatic carbocycles. The molecule has 0 amide bonds. The number of hydrogen-bond donors (Lipinski definition) is 4. The maximum Gasteiger partial charge on any atom is 0.280 e. The number of aromatic nitrogens is 4. The van der Waals surface area contributed by atoms with Crippen LogP contribution in [0.5, 0.6) is 0 Å². The first kappa shape index (κ1) is 13.9. The molecule has 2 aromatic rings. The van der Waals surface area contributed by atoms with Crippen LogP contribution in [0.3, 0.4) is 0 Å². The third-order valence-electron chi connectivity index (χ3n) is 3.49. The first-order chi connectivity index (χ1) is 10.1. The molecule has 2 aromatic heterocycles. The van der Waals surface area contributed by atoms with Gasteiger partial charge in [-0.2, -0.15) is 4.98 Å². The third kappa shape index (κ3) is 2.08. The number of aliphatic hydroxyl groups excluding tert-OH is 2. The molecule has 10 heteroatoms. The predicted molar refractivity (Wildman–Crippen MR) is 70.4 cm³/mol. The Labute approximate surface area is 118 Å². The van der Waals surface area contributed by atoms with Crippen LogP contribution in [0.15, 0.2) is 11.1 Å². The molecule has 3 rings (SSSR count). The van der Waals surface area contributed by atoms with Crippen molar-refractivity contribution in [3.8, 4) is 0 Å². The summed E-state index contributed by atoms with van der Waals surface area (Å²) < 4.78 is 12.1. The van der Waals surface area contributed by atoms with E-state index >= 15 is 0 Å². The average Bonchev–Trinajstić information content (AvgIpc) is 2.99. The third-order valence-corrected chi connectivity index (χ3v) is 3.49. The summed E-state index contributed by atoms with van der Waals surface area (Å²) in [4.78, 5) is 22.0. The number of anilines is 1. The number of aliphatic hydroxyl groups is 2. The first-order valence-electron chi connectivity index (χ1n) is 6.26. The fourth-order valence-electron chi connectivity index (χ4n) is 2.52. The molecule has 10 nitrogen and oxygen atoms in total. The largest absolute Gasteiger partial charge is 0.394 e. The van der Waals surface area contributed by atoms with Gasteiger partial charge < -0.3 is 25.4 Å². The SMILES string of the molecule is COC1C(CO)OC(n2cnc3c(=O)[nH]c(N)nc32)[C@H]1O. The van der Waals surface area contributed by atoms with Crippen LogP contribution in [0.2, 0.25) is 0 Å². The van der Waals surface area contributed by atoms with Gasteiger partial charge in [-0.15, -0.1) is 0 Å². The van der Waals surface area contributed by atoms with Gasteiger partial charge in [-0.1, -0.05) is 0 Å². The van der Waals surface area contributed by atoms with E-state index in [-0.39, 0.29) is 23.7 Å². The zero-order valence-corrected chi connectivity index (χ0v) is 11.1. The average molecular weight is 297 g/mol. The van der Waals surface area contributed by atoms with E-state index in [0.29, 0.717) is 0 Å². The quantitative estimate of drug-likeness (QED) is 0.506. The molecule has 3 unspecified atom stereocenters. The number of aromatic amines is 1. The van der Waals surface area contributed by atoms with Gasteiger partial charge in [0.15, 0.2) is 17.4 Å². The Bertz CT molecular complexity index is 713. The summed E-state index contributed by atoms with van der Waals surface area (Å²) in [5.41, 5.74) is 5.31. The van der Waals surface area contributed by atoms with E-state index in [0.717, 1.165) is 0 Å². The van der Waals surface area contributed by atoms with E-state index in [1.165, 1.54) is 18.0 Å². The number of methoxy groups -OCH3 is 1. The fraction of sp³-hybridized carbons (Fsp3) is 0.545. The Hall–Kier alpha value is -2.01. The molecule has 3 heterocycles. The number of nitrogens with zero attached hydrogens (tertiary/aromatic N) is 3. The van der Waals surface area contributed by atoms with Crippen molar-refractivity contribution in [2.75, 3.05) is 19.5 Å². The van der Waals surface area contributed by atoms with Crippen molar-refractivity contribution in [2.45, 2.75) is 24.5 Å². The molecule has 5 N–H and O–H groups in total. The van der Waals surface area contributed by atoms with E-state index in [1.807, 2.05) is 0 Å². The number of nitrogen functional groups attached to an aromatic ring is 1. The van der Waals surface area contributed by atoms with Crippen molar-refractivity contribution >= 4 is 17.1 Å². The molecule has 1 fully saturated rings. The number of nitrogens with one attached hydrogen (secondary N) is 1. The molecule has 4 atom stereocenters. The Balaban J connectivity index is 2.07. The number of H-pyrrole nitrogens is 1. The zero-order chi connectivity index (χ0) is 15.1. The highest BCUT2D eigenvalue weighted by atomic mass is 16.6. The summed E-state index contributed by atoms with van der Waals surface area (Å²) >= 11 is 0. The van der Waals surface area contributed by atoms with Crippen LogP contribution in [0.4, 0.5) is 5.95 Å². The maximum atomic E-state index is 11.7. The molecule has 1 aliphatic heterocycles. The molecule has 1 saturated heterocycles. The molecular formula is C11H15N5O5. The van der Waals surface area contributed by atoms with Gasteiger partial charge in [-0.3, -0.25) is 14.3 Å². The lowest BCUT2D eigenvalue weighted by molar-refractivity contribution is -0.0535. The van der Waals surface area contributed by atoms with E-state index < -0.39 is 30.1 Å². The molecule has 21 heavy (non-hydrogen) atoms. The van der Waals surface area contributed by atoms with Crippen molar-refractivity contribution in [1.29, 1.82) is 0 Å². The summed E-state index contributed by atoms with van der Waals surface area (Å²) in [7, 11) is 1.41. The van der Waals surface area contributed by atoms with Crippen LogP contribution < -0.4 is 11.3 Å². The maximum absolute atomic E-state index is 11.7. The summed E-state index contributed by atoms with van der Waals surface area (Å²) in [6, 6.07) is 0. The van der Waals surface area contributed by atoms with Crippen molar-refractivity contribution in [2.24, 2.45) is 0 Å². The summed E-state index contributed by atoms with van der Waals surface area (Å²) in [5.74, 6) is -0.0660. The Morgan fingerprint density at radius 3 is 3.00 bits per heavy atom. The summed E-state index contributed by atoms with van der Waals surface area (Å²) in [5, 5.41) is 19.5. The molecule has 0 saturated carbocycles. The minimum atomic E-state index is -1.05. The second-order valence-electron chi connectivity index (χ2n) is 4.71. The molecule has 114 valence electrons. The highest BCUT2D eigenvalue weighted by molar-refractivity contribution is 5.70. The van der Waals surface area contributed by atoms with Crippen LogP contribution in [0.1, 0.15) is 6.23 Å². The highest BCUT2D eigenvalue weighted by Crippen LogP contribution is 2.32. The van der Waals surface area contributed by atoms with Gasteiger partial charge in [0.2, 0.25) is 5.95 Å². The van der Waals surface area contributed by atoms with Crippen molar-refractivity contribution in [1.82, 2.24) is 19.5 Å². The van der Waals surface area contributed by atoms with Crippen LogP contribution in [-0.2, 0) is 9.47 Å². The lowest BCUT2D eigenvalue weighted by Gasteiger charge is -2.17. The monoisotopic (exact) mass is 297 g/mol.